The second kappa shape index (κ2) is 5.38. The normalized spacial score (nSPS) is 12.2. The number of aliphatic hydroxyl groups is 1. The highest BCUT2D eigenvalue weighted by Gasteiger charge is 2.14. The van der Waals surface area contributed by atoms with Gasteiger partial charge in [-0.25, -0.2) is 0 Å². The lowest BCUT2D eigenvalue weighted by Crippen LogP contribution is -2.03. The minimum absolute atomic E-state index is 0.519. The SMILES string of the molecule is COc1cc(C(O)c2cc(C)ccn2)ccc1Cl. The molecule has 1 heterocycles. The molecule has 3 nitrogen and oxygen atoms in total. The van der Waals surface area contributed by atoms with Crippen molar-refractivity contribution in [2.24, 2.45) is 0 Å². The highest BCUT2D eigenvalue weighted by atomic mass is 35.5. The minimum Gasteiger partial charge on any atom is -0.495 e. The van der Waals surface area contributed by atoms with Gasteiger partial charge in [0.15, 0.2) is 0 Å². The Kier molecular flexibility index (Phi) is 3.84. The number of benzene rings is 1. The molecule has 94 valence electrons. The maximum Gasteiger partial charge on any atom is 0.137 e. The van der Waals surface area contributed by atoms with E-state index < -0.39 is 6.10 Å². The molecule has 0 saturated heterocycles. The second-order valence-corrected chi connectivity index (χ2v) is 4.46. The first-order valence-electron chi connectivity index (χ1n) is 5.56. The topological polar surface area (TPSA) is 42.4 Å². The van der Waals surface area contributed by atoms with Crippen LogP contribution in [0.2, 0.25) is 5.02 Å². The zero-order chi connectivity index (χ0) is 13.1. The number of halogens is 1. The molecule has 0 amide bonds. The number of rotatable bonds is 3. The number of methoxy groups -OCH3 is 1. The van der Waals surface area contributed by atoms with Gasteiger partial charge < -0.3 is 9.84 Å². The molecule has 1 unspecified atom stereocenters. The number of ether oxygens (including phenoxy) is 1. The van der Waals surface area contributed by atoms with E-state index in [4.69, 9.17) is 16.3 Å². The van der Waals surface area contributed by atoms with Crippen LogP contribution in [0, 0.1) is 6.92 Å². The highest BCUT2D eigenvalue weighted by molar-refractivity contribution is 6.32. The van der Waals surface area contributed by atoms with Crippen molar-refractivity contribution in [2.45, 2.75) is 13.0 Å². The van der Waals surface area contributed by atoms with Crippen LogP contribution in [-0.4, -0.2) is 17.2 Å². The monoisotopic (exact) mass is 263 g/mol. The molecule has 4 heteroatoms. The summed E-state index contributed by atoms with van der Waals surface area (Å²) in [7, 11) is 1.54. The van der Waals surface area contributed by atoms with E-state index in [2.05, 4.69) is 4.98 Å². The van der Waals surface area contributed by atoms with Gasteiger partial charge in [-0.2, -0.15) is 0 Å². The van der Waals surface area contributed by atoms with Crippen LogP contribution in [-0.2, 0) is 0 Å². The summed E-state index contributed by atoms with van der Waals surface area (Å²) >= 11 is 5.95. The fourth-order valence-electron chi connectivity index (χ4n) is 1.73. The molecule has 0 aliphatic rings. The van der Waals surface area contributed by atoms with Crippen molar-refractivity contribution in [3.63, 3.8) is 0 Å². The molecule has 2 rings (SSSR count). The van der Waals surface area contributed by atoms with Crippen molar-refractivity contribution >= 4 is 11.6 Å². The third-order valence-electron chi connectivity index (χ3n) is 2.71. The predicted octanol–water partition coefficient (Wildman–Crippen LogP) is 3.13. The van der Waals surface area contributed by atoms with E-state index in [1.165, 1.54) is 0 Å². The van der Waals surface area contributed by atoms with Crippen LogP contribution in [0.3, 0.4) is 0 Å². The van der Waals surface area contributed by atoms with Gasteiger partial charge in [0.2, 0.25) is 0 Å². The van der Waals surface area contributed by atoms with Crippen molar-refractivity contribution < 1.29 is 9.84 Å². The lowest BCUT2D eigenvalue weighted by atomic mass is 10.0. The van der Waals surface area contributed by atoms with Crippen molar-refractivity contribution in [3.8, 4) is 5.75 Å². The fraction of sp³-hybridized carbons (Fsp3) is 0.214. The Morgan fingerprint density at radius 3 is 2.72 bits per heavy atom. The molecule has 0 radical (unpaired) electrons. The van der Waals surface area contributed by atoms with Gasteiger partial charge in [-0.3, -0.25) is 4.98 Å². The lowest BCUT2D eigenvalue weighted by Gasteiger charge is -2.13. The molecule has 0 saturated carbocycles. The van der Waals surface area contributed by atoms with E-state index in [1.54, 1.807) is 31.5 Å². The minimum atomic E-state index is -0.781. The van der Waals surface area contributed by atoms with Crippen LogP contribution in [0.25, 0.3) is 0 Å². The molecule has 1 N–H and O–H groups in total. The second-order valence-electron chi connectivity index (χ2n) is 4.05. The molecule has 0 aliphatic carbocycles. The molecule has 0 aliphatic heterocycles. The van der Waals surface area contributed by atoms with Gasteiger partial charge in [-0.15, -0.1) is 0 Å². The lowest BCUT2D eigenvalue weighted by molar-refractivity contribution is 0.214. The van der Waals surface area contributed by atoms with Crippen LogP contribution >= 0.6 is 11.6 Å². The zero-order valence-electron chi connectivity index (χ0n) is 10.2. The van der Waals surface area contributed by atoms with Crippen molar-refractivity contribution in [2.75, 3.05) is 7.11 Å². The Labute approximate surface area is 111 Å². The van der Waals surface area contributed by atoms with Gasteiger partial charge in [0.1, 0.15) is 11.9 Å². The summed E-state index contributed by atoms with van der Waals surface area (Å²) in [6.45, 7) is 1.96. The van der Waals surface area contributed by atoms with Gasteiger partial charge in [-0.05, 0) is 42.3 Å². The first kappa shape index (κ1) is 12.9. The van der Waals surface area contributed by atoms with Crippen LogP contribution < -0.4 is 4.74 Å². The first-order valence-corrected chi connectivity index (χ1v) is 5.93. The number of aryl methyl sites for hydroxylation is 1. The summed E-state index contributed by atoms with van der Waals surface area (Å²) in [5.41, 5.74) is 2.37. The van der Waals surface area contributed by atoms with Crippen molar-refractivity contribution in [1.82, 2.24) is 4.98 Å². The Morgan fingerprint density at radius 1 is 1.28 bits per heavy atom. The number of hydrogen-bond acceptors (Lipinski definition) is 3. The quantitative estimate of drug-likeness (QED) is 0.925. The van der Waals surface area contributed by atoms with E-state index in [1.807, 2.05) is 19.1 Å². The van der Waals surface area contributed by atoms with E-state index in [9.17, 15) is 5.11 Å². The summed E-state index contributed by atoms with van der Waals surface area (Å²) in [6.07, 6.45) is 0.900. The van der Waals surface area contributed by atoms with Gasteiger partial charge in [0.25, 0.3) is 0 Å². The molecular weight excluding hydrogens is 250 g/mol. The van der Waals surface area contributed by atoms with Crippen LogP contribution in [0.15, 0.2) is 36.5 Å². The third-order valence-corrected chi connectivity index (χ3v) is 3.02. The third kappa shape index (κ3) is 2.63. The summed E-state index contributed by atoms with van der Waals surface area (Å²) in [5, 5.41) is 10.8. The molecule has 0 fully saturated rings. The summed E-state index contributed by atoms with van der Waals surface area (Å²) in [6, 6.07) is 8.93. The maximum absolute atomic E-state index is 10.3. The average Bonchev–Trinajstić information content (AvgIpc) is 2.38. The standard InChI is InChI=1S/C14H14ClNO2/c1-9-5-6-16-12(7-9)14(17)10-3-4-11(15)13(8-10)18-2/h3-8,14,17H,1-2H3. The molecule has 2 aromatic rings. The highest BCUT2D eigenvalue weighted by Crippen LogP contribution is 2.29. The number of hydrogen-bond donors (Lipinski definition) is 1. The van der Waals surface area contributed by atoms with E-state index in [-0.39, 0.29) is 0 Å². The zero-order valence-corrected chi connectivity index (χ0v) is 11.0. The van der Waals surface area contributed by atoms with E-state index in [0.29, 0.717) is 22.0 Å². The number of aliphatic hydroxyl groups excluding tert-OH is 1. The molecule has 1 atom stereocenters. The van der Waals surface area contributed by atoms with Crippen molar-refractivity contribution in [3.05, 3.63) is 58.4 Å². The van der Waals surface area contributed by atoms with Gasteiger partial charge in [0.05, 0.1) is 17.8 Å². The average molecular weight is 264 g/mol. The van der Waals surface area contributed by atoms with E-state index in [0.717, 1.165) is 5.56 Å². The van der Waals surface area contributed by atoms with E-state index >= 15 is 0 Å². The first-order chi connectivity index (χ1) is 8.61. The maximum atomic E-state index is 10.3. The van der Waals surface area contributed by atoms with Gasteiger partial charge >= 0.3 is 0 Å². The predicted molar refractivity (Wildman–Crippen MR) is 71.0 cm³/mol. The smallest absolute Gasteiger partial charge is 0.137 e. The summed E-state index contributed by atoms with van der Waals surface area (Å²) in [4.78, 5) is 4.17. The Morgan fingerprint density at radius 2 is 2.06 bits per heavy atom. The number of nitrogens with zero attached hydrogens (tertiary/aromatic N) is 1. The van der Waals surface area contributed by atoms with Gasteiger partial charge in [-0.1, -0.05) is 17.7 Å². The molecular formula is C14H14ClNO2. The van der Waals surface area contributed by atoms with Crippen LogP contribution in [0.1, 0.15) is 22.9 Å². The summed E-state index contributed by atoms with van der Waals surface area (Å²) < 4.78 is 5.13. The van der Waals surface area contributed by atoms with Crippen LogP contribution in [0.4, 0.5) is 0 Å². The molecule has 0 bridgehead atoms. The van der Waals surface area contributed by atoms with Crippen LogP contribution in [0.5, 0.6) is 5.75 Å². The number of pyridine rings is 1. The summed E-state index contributed by atoms with van der Waals surface area (Å²) in [5.74, 6) is 0.542. The van der Waals surface area contributed by atoms with Gasteiger partial charge in [0, 0.05) is 6.20 Å². The Hall–Kier alpha value is -1.58. The Balaban J connectivity index is 2.36. The fourth-order valence-corrected chi connectivity index (χ4v) is 1.92. The molecule has 1 aromatic carbocycles. The largest absolute Gasteiger partial charge is 0.495 e. The molecule has 0 spiro atoms. The molecule has 18 heavy (non-hydrogen) atoms. The number of aromatic nitrogens is 1. The van der Waals surface area contributed by atoms with Crippen molar-refractivity contribution in [1.29, 1.82) is 0 Å². The Bertz CT molecular complexity index is 557. The molecule has 1 aromatic heterocycles.